The Morgan fingerprint density at radius 2 is 2.69 bits per heavy atom. The van der Waals surface area contributed by atoms with Gasteiger partial charge in [-0.25, -0.2) is 0 Å². The van der Waals surface area contributed by atoms with Gasteiger partial charge >= 0.3 is 5.88 Å². The maximum atomic E-state index is 10.8. The highest BCUT2D eigenvalue weighted by atomic mass is 35.5. The molecule has 1 aromatic rings. The van der Waals surface area contributed by atoms with E-state index in [0.717, 1.165) is 0 Å². The molecule has 13 heavy (non-hydrogen) atoms. The molecule has 0 aliphatic rings. The fourth-order valence-electron chi connectivity index (χ4n) is 0.723. The third kappa shape index (κ3) is 2.87. The van der Waals surface area contributed by atoms with E-state index in [1.165, 1.54) is 4.68 Å². The second-order valence-electron chi connectivity index (χ2n) is 2.26. The van der Waals surface area contributed by atoms with Crippen LogP contribution in [0.4, 0.5) is 5.88 Å². The number of rotatable bonds is 4. The molecule has 0 saturated carbocycles. The van der Waals surface area contributed by atoms with Crippen molar-refractivity contribution < 1.29 is 14.0 Å². The Morgan fingerprint density at radius 3 is 3.31 bits per heavy atom. The van der Waals surface area contributed by atoms with E-state index >= 15 is 0 Å². The molecule has 0 spiro atoms. The van der Waals surface area contributed by atoms with Crippen molar-refractivity contribution in [3.63, 3.8) is 0 Å². The first-order valence-electron chi connectivity index (χ1n) is 3.59. The predicted molar refractivity (Wildman–Crippen MR) is 46.2 cm³/mol. The lowest BCUT2D eigenvalue weighted by atomic mass is 10.6. The summed E-state index contributed by atoms with van der Waals surface area (Å²) in [6.45, 7) is 4.06. The van der Waals surface area contributed by atoms with Gasteiger partial charge in [0, 0.05) is 0 Å². The molecule has 5 nitrogen and oxygen atoms in total. The van der Waals surface area contributed by atoms with E-state index < -0.39 is 0 Å². The summed E-state index contributed by atoms with van der Waals surface area (Å²) in [5.74, 6) is -0.168. The molecule has 0 atom stereocenters. The Hall–Kier alpha value is -1.36. The third-order valence-electron chi connectivity index (χ3n) is 1.21. The fraction of sp³-hybridized carbons (Fsp3) is 0.286. The van der Waals surface area contributed by atoms with Gasteiger partial charge in [0.25, 0.3) is 6.20 Å². The van der Waals surface area contributed by atoms with Crippen LogP contribution >= 0.6 is 11.6 Å². The second kappa shape index (κ2) is 4.61. The molecule has 1 heterocycles. The zero-order valence-corrected chi connectivity index (χ0v) is 7.62. The Morgan fingerprint density at radius 1 is 1.92 bits per heavy atom. The lowest BCUT2D eigenvalue weighted by molar-refractivity contribution is -0.753. The maximum Gasteiger partial charge on any atom is 0.302 e. The number of carbonyl (C=O) groups is 1. The van der Waals surface area contributed by atoms with Crippen LogP contribution in [-0.2, 0) is 11.3 Å². The Bertz CT molecular complexity index is 310. The average molecular weight is 203 g/mol. The van der Waals surface area contributed by atoms with Crippen molar-refractivity contribution in [2.24, 2.45) is 0 Å². The van der Waals surface area contributed by atoms with Gasteiger partial charge in [0.15, 0.2) is 6.54 Å². The van der Waals surface area contributed by atoms with Crippen LogP contribution in [0.2, 0.25) is 0 Å². The van der Waals surface area contributed by atoms with Gasteiger partial charge in [-0.2, -0.15) is 0 Å². The van der Waals surface area contributed by atoms with E-state index in [0.29, 0.717) is 6.54 Å². The van der Waals surface area contributed by atoms with Gasteiger partial charge in [0.2, 0.25) is 11.2 Å². The van der Waals surface area contributed by atoms with Crippen LogP contribution < -0.4 is 10.00 Å². The monoisotopic (exact) mass is 202 g/mol. The van der Waals surface area contributed by atoms with Gasteiger partial charge in [-0.05, 0) is 10.8 Å². The van der Waals surface area contributed by atoms with E-state index in [2.05, 4.69) is 17.2 Å². The number of anilines is 1. The highest BCUT2D eigenvalue weighted by molar-refractivity contribution is 6.28. The average Bonchev–Trinajstić information content (AvgIpc) is 2.53. The molecule has 0 bridgehead atoms. The highest BCUT2D eigenvalue weighted by Gasteiger charge is 2.11. The number of carbonyl (C=O) groups excluding carboxylic acids is 1. The second-order valence-corrected chi connectivity index (χ2v) is 2.53. The number of hydrogen-bond donors (Lipinski definition) is 1. The van der Waals surface area contributed by atoms with Crippen LogP contribution in [0.1, 0.15) is 0 Å². The number of alkyl halides is 1. The van der Waals surface area contributed by atoms with Crippen LogP contribution in [0.15, 0.2) is 23.4 Å². The normalized spacial score (nSPS) is 9.62. The van der Waals surface area contributed by atoms with E-state index in [4.69, 9.17) is 16.1 Å². The van der Waals surface area contributed by atoms with Gasteiger partial charge in [0.05, 0.1) is 0 Å². The fourth-order valence-corrected chi connectivity index (χ4v) is 0.790. The largest absolute Gasteiger partial charge is 0.302 e. The van der Waals surface area contributed by atoms with E-state index in [-0.39, 0.29) is 17.7 Å². The summed E-state index contributed by atoms with van der Waals surface area (Å²) in [6, 6.07) is 0. The van der Waals surface area contributed by atoms with E-state index in [9.17, 15) is 4.79 Å². The molecule has 1 aromatic heterocycles. The first-order chi connectivity index (χ1) is 6.26. The van der Waals surface area contributed by atoms with E-state index in [1.807, 2.05) is 0 Å². The van der Waals surface area contributed by atoms with E-state index in [1.54, 1.807) is 12.3 Å². The van der Waals surface area contributed by atoms with Crippen molar-refractivity contribution in [2.75, 3.05) is 11.2 Å². The number of nitrogens with zero attached hydrogens (tertiary/aromatic N) is 2. The van der Waals surface area contributed by atoms with Crippen molar-refractivity contribution in [3.8, 4) is 0 Å². The molecule has 0 saturated heterocycles. The molecular weight excluding hydrogens is 194 g/mol. The zero-order chi connectivity index (χ0) is 9.68. The lowest BCUT2D eigenvalue weighted by Gasteiger charge is -1.90. The molecule has 0 aliphatic heterocycles. The first kappa shape index (κ1) is 9.73. The van der Waals surface area contributed by atoms with Gasteiger partial charge in [0.1, 0.15) is 5.88 Å². The minimum Gasteiger partial charge on any atom is -0.288 e. The van der Waals surface area contributed by atoms with Crippen LogP contribution in [0.5, 0.6) is 0 Å². The molecule has 0 fully saturated rings. The Balaban J connectivity index is 2.58. The van der Waals surface area contributed by atoms with Crippen molar-refractivity contribution in [1.82, 2.24) is 5.27 Å². The topological polar surface area (TPSA) is 59.0 Å². The molecule has 0 aromatic carbocycles. The standard InChI is InChI=1S/C7H8ClN3O2/c1-2-3-11-5-7(13-10-11)9-6(12)4-8/h2,5H,1,3-4H2/p+1. The molecule has 70 valence electrons. The molecule has 6 heteroatoms. The van der Waals surface area contributed by atoms with Crippen LogP contribution in [0.3, 0.4) is 0 Å². The predicted octanol–water partition coefficient (Wildman–Crippen LogP) is 0.325. The minimum absolute atomic E-state index is 0.109. The Labute approximate surface area is 79.9 Å². The number of halogens is 1. The maximum absolute atomic E-state index is 10.8. The number of allylic oxidation sites excluding steroid dienone is 1. The number of amides is 1. The summed E-state index contributed by atoms with van der Waals surface area (Å²) in [4.78, 5) is 10.8. The molecule has 1 rings (SSSR count). The third-order valence-corrected chi connectivity index (χ3v) is 1.45. The van der Waals surface area contributed by atoms with Gasteiger partial charge in [-0.15, -0.1) is 11.6 Å². The molecule has 1 N–H and O–H groups in total. The first-order valence-corrected chi connectivity index (χ1v) is 4.13. The summed E-state index contributed by atoms with van der Waals surface area (Å²) in [5.41, 5.74) is 0. The molecule has 1 amide bonds. The van der Waals surface area contributed by atoms with Crippen molar-refractivity contribution in [2.45, 2.75) is 6.54 Å². The van der Waals surface area contributed by atoms with Gasteiger partial charge < -0.3 is 0 Å². The zero-order valence-electron chi connectivity index (χ0n) is 6.86. The van der Waals surface area contributed by atoms with Gasteiger partial charge in [-0.1, -0.05) is 6.58 Å². The number of aromatic nitrogens is 2. The molecular formula is C7H9ClN3O2+. The van der Waals surface area contributed by atoms with Gasteiger partial charge in [-0.3, -0.25) is 14.6 Å². The summed E-state index contributed by atoms with van der Waals surface area (Å²) in [6.07, 6.45) is 3.21. The number of nitrogens with one attached hydrogen (secondary N) is 1. The molecule has 0 radical (unpaired) electrons. The van der Waals surface area contributed by atoms with Crippen molar-refractivity contribution >= 4 is 23.4 Å². The van der Waals surface area contributed by atoms with Crippen LogP contribution in [-0.4, -0.2) is 17.1 Å². The summed E-state index contributed by atoms with van der Waals surface area (Å²) in [7, 11) is 0. The Kier molecular flexibility index (Phi) is 3.45. The minimum atomic E-state index is -0.330. The van der Waals surface area contributed by atoms with Crippen LogP contribution in [0, 0.1) is 0 Å². The van der Waals surface area contributed by atoms with Crippen molar-refractivity contribution in [3.05, 3.63) is 18.9 Å². The van der Waals surface area contributed by atoms with Crippen molar-refractivity contribution in [1.29, 1.82) is 0 Å². The summed E-state index contributed by atoms with van der Waals surface area (Å²) >= 11 is 5.27. The quantitative estimate of drug-likeness (QED) is 0.435. The smallest absolute Gasteiger partial charge is 0.288 e. The lowest BCUT2D eigenvalue weighted by Crippen LogP contribution is -2.33. The molecule has 0 unspecified atom stereocenters. The highest BCUT2D eigenvalue weighted by Crippen LogP contribution is 1.99. The van der Waals surface area contributed by atoms with Crippen LogP contribution in [0.25, 0.3) is 0 Å². The summed E-state index contributed by atoms with van der Waals surface area (Å²) < 4.78 is 6.26. The summed E-state index contributed by atoms with van der Waals surface area (Å²) in [5, 5.41) is 6.02. The molecule has 0 aliphatic carbocycles. The number of hydrogen-bond acceptors (Lipinski definition) is 3. The SMILES string of the molecule is C=CC[n+]1cc(NC(=O)CCl)on1.